The van der Waals surface area contributed by atoms with Crippen LogP contribution in [0.2, 0.25) is 0 Å². The van der Waals surface area contributed by atoms with E-state index in [1.54, 1.807) is 15.8 Å². The Morgan fingerprint density at radius 2 is 2.04 bits per heavy atom. The molecule has 0 saturated carbocycles. The van der Waals surface area contributed by atoms with Crippen molar-refractivity contribution in [2.45, 2.75) is 25.4 Å². The van der Waals surface area contributed by atoms with Crippen LogP contribution in [0.5, 0.6) is 0 Å². The molecule has 2 aromatic heterocycles. The molecule has 0 bridgehead atoms. The van der Waals surface area contributed by atoms with Crippen molar-refractivity contribution in [1.82, 2.24) is 29.5 Å². The molecule has 0 spiro atoms. The number of carbonyl (C=O) groups is 1. The van der Waals surface area contributed by atoms with Crippen molar-refractivity contribution >= 4 is 5.91 Å². The Bertz CT molecular complexity index is 678. The number of hydrogen-bond donors (Lipinski definition) is 0. The summed E-state index contributed by atoms with van der Waals surface area (Å²) in [5, 5.41) is 4.13. The standard InChI is InChI=1S/C16H22N6O/c1-20(2)16(23)14-5-4-6-22(14)10-12-7-17-15(18-8-12)13-9-19-21(3)11-13/h7-9,11,14H,4-6,10H2,1-3H3. The van der Waals surface area contributed by atoms with Gasteiger partial charge in [0.15, 0.2) is 5.82 Å². The molecule has 7 nitrogen and oxygen atoms in total. The number of aryl methyl sites for hydroxylation is 1. The number of amides is 1. The molecule has 122 valence electrons. The zero-order valence-electron chi connectivity index (χ0n) is 13.8. The van der Waals surface area contributed by atoms with Crippen LogP contribution in [0.25, 0.3) is 11.4 Å². The number of likely N-dealkylation sites (N-methyl/N-ethyl adjacent to an activating group) is 1. The molecule has 2 aromatic rings. The fourth-order valence-corrected chi connectivity index (χ4v) is 2.95. The fourth-order valence-electron chi connectivity index (χ4n) is 2.95. The van der Waals surface area contributed by atoms with E-state index >= 15 is 0 Å². The van der Waals surface area contributed by atoms with Gasteiger partial charge in [-0.3, -0.25) is 14.4 Å². The Morgan fingerprint density at radius 1 is 1.30 bits per heavy atom. The average molecular weight is 314 g/mol. The second-order valence-corrected chi connectivity index (χ2v) is 6.18. The molecule has 1 amide bonds. The van der Waals surface area contributed by atoms with Gasteiger partial charge in [-0.1, -0.05) is 0 Å². The lowest BCUT2D eigenvalue weighted by molar-refractivity contribution is -0.133. The molecule has 23 heavy (non-hydrogen) atoms. The largest absolute Gasteiger partial charge is 0.347 e. The van der Waals surface area contributed by atoms with Gasteiger partial charge in [0.25, 0.3) is 0 Å². The van der Waals surface area contributed by atoms with Gasteiger partial charge in [-0.05, 0) is 19.4 Å². The van der Waals surface area contributed by atoms with Gasteiger partial charge in [0, 0.05) is 51.8 Å². The molecule has 1 unspecified atom stereocenters. The first-order valence-corrected chi connectivity index (χ1v) is 7.80. The van der Waals surface area contributed by atoms with E-state index in [0.29, 0.717) is 12.4 Å². The maximum atomic E-state index is 12.2. The molecule has 3 heterocycles. The van der Waals surface area contributed by atoms with Gasteiger partial charge in [0.05, 0.1) is 17.8 Å². The molecule has 1 saturated heterocycles. The van der Waals surface area contributed by atoms with Crippen molar-refractivity contribution in [2.75, 3.05) is 20.6 Å². The van der Waals surface area contributed by atoms with E-state index < -0.39 is 0 Å². The molecule has 0 aromatic carbocycles. The summed E-state index contributed by atoms with van der Waals surface area (Å²) in [6.07, 6.45) is 9.29. The lowest BCUT2D eigenvalue weighted by atomic mass is 10.2. The first-order valence-electron chi connectivity index (χ1n) is 7.80. The van der Waals surface area contributed by atoms with Crippen molar-refractivity contribution in [1.29, 1.82) is 0 Å². The highest BCUT2D eigenvalue weighted by atomic mass is 16.2. The number of nitrogens with zero attached hydrogens (tertiary/aromatic N) is 6. The Morgan fingerprint density at radius 3 is 2.65 bits per heavy atom. The summed E-state index contributed by atoms with van der Waals surface area (Å²) in [5.74, 6) is 0.847. The van der Waals surface area contributed by atoms with Gasteiger partial charge >= 0.3 is 0 Å². The van der Waals surface area contributed by atoms with Crippen molar-refractivity contribution < 1.29 is 4.79 Å². The normalized spacial score (nSPS) is 18.3. The number of rotatable bonds is 4. The summed E-state index contributed by atoms with van der Waals surface area (Å²) >= 11 is 0. The predicted octanol–water partition coefficient (Wildman–Crippen LogP) is 0.930. The number of hydrogen-bond acceptors (Lipinski definition) is 5. The van der Waals surface area contributed by atoms with Crippen LogP contribution in [0, 0.1) is 0 Å². The molecule has 0 N–H and O–H groups in total. The quantitative estimate of drug-likeness (QED) is 0.840. The molecule has 1 atom stereocenters. The van der Waals surface area contributed by atoms with Crippen molar-refractivity contribution in [3.05, 3.63) is 30.4 Å². The van der Waals surface area contributed by atoms with Crippen LogP contribution < -0.4 is 0 Å². The molecule has 7 heteroatoms. The zero-order chi connectivity index (χ0) is 16.4. The molecule has 1 aliphatic heterocycles. The smallest absolute Gasteiger partial charge is 0.239 e. The summed E-state index contributed by atoms with van der Waals surface area (Å²) in [5.41, 5.74) is 1.93. The first kappa shape index (κ1) is 15.6. The van der Waals surface area contributed by atoms with Crippen LogP contribution in [0.4, 0.5) is 0 Å². The first-order chi connectivity index (χ1) is 11.0. The van der Waals surface area contributed by atoms with E-state index in [1.165, 1.54) is 0 Å². The van der Waals surface area contributed by atoms with E-state index in [1.807, 2.05) is 39.7 Å². The van der Waals surface area contributed by atoms with Gasteiger partial charge in [0.2, 0.25) is 5.91 Å². The monoisotopic (exact) mass is 314 g/mol. The van der Waals surface area contributed by atoms with E-state index in [0.717, 1.165) is 30.5 Å². The van der Waals surface area contributed by atoms with Gasteiger partial charge < -0.3 is 4.90 Å². The SMILES string of the molecule is CN(C)C(=O)C1CCCN1Cc1cnc(-c2cnn(C)c2)nc1. The van der Waals surface area contributed by atoms with Crippen LogP contribution in [0.15, 0.2) is 24.8 Å². The summed E-state index contributed by atoms with van der Waals surface area (Å²) in [7, 11) is 5.49. The van der Waals surface area contributed by atoms with Crippen molar-refractivity contribution in [2.24, 2.45) is 7.05 Å². The van der Waals surface area contributed by atoms with E-state index in [-0.39, 0.29) is 11.9 Å². The minimum Gasteiger partial charge on any atom is -0.347 e. The molecule has 0 aliphatic carbocycles. The maximum absolute atomic E-state index is 12.2. The second-order valence-electron chi connectivity index (χ2n) is 6.18. The van der Waals surface area contributed by atoms with Crippen LogP contribution in [0.3, 0.4) is 0 Å². The molecule has 0 radical (unpaired) electrons. The third-order valence-corrected chi connectivity index (χ3v) is 4.14. The summed E-state index contributed by atoms with van der Waals surface area (Å²) < 4.78 is 1.73. The van der Waals surface area contributed by atoms with Gasteiger partial charge in [-0.15, -0.1) is 0 Å². The van der Waals surface area contributed by atoms with Crippen LogP contribution in [-0.2, 0) is 18.4 Å². The minimum atomic E-state index is -0.0250. The molecular formula is C16H22N6O. The number of carbonyl (C=O) groups excluding carboxylic acids is 1. The lowest BCUT2D eigenvalue weighted by Gasteiger charge is -2.25. The van der Waals surface area contributed by atoms with Gasteiger partial charge in [-0.25, -0.2) is 9.97 Å². The fraction of sp³-hybridized carbons (Fsp3) is 0.500. The molecule has 3 rings (SSSR count). The topological polar surface area (TPSA) is 67.2 Å². The Balaban J connectivity index is 1.69. The van der Waals surface area contributed by atoms with Crippen molar-refractivity contribution in [3.63, 3.8) is 0 Å². The van der Waals surface area contributed by atoms with Crippen LogP contribution in [-0.4, -0.2) is 62.1 Å². The third kappa shape index (κ3) is 3.39. The second kappa shape index (κ2) is 6.45. The van der Waals surface area contributed by atoms with Crippen LogP contribution >= 0.6 is 0 Å². The molecule has 1 aliphatic rings. The number of aromatic nitrogens is 4. The van der Waals surface area contributed by atoms with E-state index in [9.17, 15) is 4.79 Å². The van der Waals surface area contributed by atoms with Gasteiger partial charge in [0.1, 0.15) is 0 Å². The lowest BCUT2D eigenvalue weighted by Crippen LogP contribution is -2.42. The Hall–Kier alpha value is -2.28. The van der Waals surface area contributed by atoms with Crippen LogP contribution in [0.1, 0.15) is 18.4 Å². The maximum Gasteiger partial charge on any atom is 0.239 e. The average Bonchev–Trinajstić information content (AvgIpc) is 3.16. The Kier molecular flexibility index (Phi) is 4.38. The van der Waals surface area contributed by atoms with Crippen molar-refractivity contribution in [3.8, 4) is 11.4 Å². The predicted molar refractivity (Wildman–Crippen MR) is 86.4 cm³/mol. The molecule has 1 fully saturated rings. The van der Waals surface area contributed by atoms with E-state index in [4.69, 9.17) is 0 Å². The minimum absolute atomic E-state index is 0.0250. The highest BCUT2D eigenvalue weighted by molar-refractivity contribution is 5.81. The Labute approximate surface area is 135 Å². The number of likely N-dealkylation sites (tertiary alicyclic amines) is 1. The van der Waals surface area contributed by atoms with E-state index in [2.05, 4.69) is 20.0 Å². The third-order valence-electron chi connectivity index (χ3n) is 4.14. The summed E-state index contributed by atoms with van der Waals surface area (Å²) in [4.78, 5) is 25.0. The molecular weight excluding hydrogens is 292 g/mol. The highest BCUT2D eigenvalue weighted by Gasteiger charge is 2.31. The summed E-state index contributed by atoms with van der Waals surface area (Å²) in [6.45, 7) is 1.65. The highest BCUT2D eigenvalue weighted by Crippen LogP contribution is 2.21. The summed E-state index contributed by atoms with van der Waals surface area (Å²) in [6, 6.07) is -0.0250. The van der Waals surface area contributed by atoms with Gasteiger partial charge in [-0.2, -0.15) is 5.10 Å². The zero-order valence-corrected chi connectivity index (χ0v) is 13.8.